The number of aromatic nitrogens is 2. The van der Waals surface area contributed by atoms with E-state index in [0.717, 1.165) is 27.3 Å². The van der Waals surface area contributed by atoms with Crippen molar-refractivity contribution in [2.75, 3.05) is 56.7 Å². The van der Waals surface area contributed by atoms with Gasteiger partial charge >= 0.3 is 0 Å². The number of carbonyl (C=O) groups excluding carboxylic acids is 1. The van der Waals surface area contributed by atoms with Gasteiger partial charge in [0, 0.05) is 42.8 Å². The Labute approximate surface area is 246 Å². The third-order valence-corrected chi connectivity index (χ3v) is 10.4. The number of thiophene rings is 1. The van der Waals surface area contributed by atoms with Crippen molar-refractivity contribution in [1.82, 2.24) is 13.9 Å². The first-order valence-electron chi connectivity index (χ1n) is 13.3. The van der Waals surface area contributed by atoms with E-state index in [-0.39, 0.29) is 29.9 Å². The first-order valence-corrected chi connectivity index (χ1v) is 15.6. The fourth-order valence-corrected chi connectivity index (χ4v) is 8.29. The van der Waals surface area contributed by atoms with E-state index in [1.807, 2.05) is 24.3 Å². The number of nitrogens with one attached hydrogen (secondary N) is 1. The van der Waals surface area contributed by atoms with Crippen LogP contribution in [-0.2, 0) is 21.4 Å². The zero-order chi connectivity index (χ0) is 29.4. The Balaban J connectivity index is 1.23. The molecule has 1 N–H and O–H groups in total. The number of nitrogens with zero attached hydrogens (tertiary/aromatic N) is 4. The van der Waals surface area contributed by atoms with E-state index in [0.29, 0.717) is 53.2 Å². The van der Waals surface area contributed by atoms with E-state index in [1.165, 1.54) is 10.6 Å². The second-order valence-electron chi connectivity index (χ2n) is 9.81. The molecule has 1 amide bonds. The molecule has 14 heteroatoms. The van der Waals surface area contributed by atoms with Crippen LogP contribution in [0.2, 0.25) is 0 Å². The van der Waals surface area contributed by atoms with Crippen LogP contribution in [0.1, 0.15) is 4.88 Å². The molecular formula is C28H29N5O7S2. The predicted octanol–water partition coefficient (Wildman–Crippen LogP) is 2.70. The molecule has 42 heavy (non-hydrogen) atoms. The summed E-state index contributed by atoms with van der Waals surface area (Å²) < 4.78 is 46.9. The summed E-state index contributed by atoms with van der Waals surface area (Å²) in [5, 5.41) is 2.74. The van der Waals surface area contributed by atoms with Crippen LogP contribution in [0.3, 0.4) is 0 Å². The Morgan fingerprint density at radius 2 is 1.81 bits per heavy atom. The molecule has 2 aromatic heterocycles. The third-order valence-electron chi connectivity index (χ3n) is 7.20. The van der Waals surface area contributed by atoms with Crippen molar-refractivity contribution in [3.05, 3.63) is 64.0 Å². The van der Waals surface area contributed by atoms with E-state index in [9.17, 15) is 18.0 Å². The summed E-state index contributed by atoms with van der Waals surface area (Å²) in [6, 6.07) is 12.6. The molecule has 12 nitrogen and oxygen atoms in total. The maximum Gasteiger partial charge on any atom is 0.263 e. The van der Waals surface area contributed by atoms with Gasteiger partial charge in [-0.3, -0.25) is 14.2 Å². The highest BCUT2D eigenvalue weighted by atomic mass is 32.2. The van der Waals surface area contributed by atoms with Crippen LogP contribution >= 0.6 is 11.3 Å². The number of aryl methyl sites for hydroxylation is 1. The number of methoxy groups -OCH3 is 1. The number of rotatable bonds is 7. The van der Waals surface area contributed by atoms with Crippen LogP contribution < -0.4 is 30.0 Å². The molecule has 0 unspecified atom stereocenters. The van der Waals surface area contributed by atoms with Gasteiger partial charge in [-0.2, -0.15) is 4.31 Å². The molecule has 0 aliphatic carbocycles. The van der Waals surface area contributed by atoms with Crippen molar-refractivity contribution >= 4 is 48.9 Å². The lowest BCUT2D eigenvalue weighted by atomic mass is 10.2. The Morgan fingerprint density at radius 3 is 2.57 bits per heavy atom. The molecule has 1 saturated heterocycles. The lowest BCUT2D eigenvalue weighted by Crippen LogP contribution is -2.49. The molecule has 220 valence electrons. The van der Waals surface area contributed by atoms with Crippen molar-refractivity contribution in [2.45, 2.75) is 18.4 Å². The molecule has 2 aliphatic rings. The molecule has 4 heterocycles. The lowest BCUT2D eigenvalue weighted by molar-refractivity contribution is -0.116. The molecule has 6 rings (SSSR count). The van der Waals surface area contributed by atoms with Crippen LogP contribution in [0.5, 0.6) is 17.2 Å². The monoisotopic (exact) mass is 611 g/mol. The minimum absolute atomic E-state index is 0.000660. The second-order valence-corrected chi connectivity index (χ2v) is 12.9. The van der Waals surface area contributed by atoms with E-state index in [1.54, 1.807) is 32.2 Å². The molecule has 0 bridgehead atoms. The SMILES string of the molecule is COc1ccccc1N1CCN(S(=O)(=O)c2c(C)sc3ncn(CC(=O)Nc4ccc5c(c4)OCCO5)c(=O)c23)CC1. The average Bonchev–Trinajstić information content (AvgIpc) is 3.36. The molecule has 0 radical (unpaired) electrons. The van der Waals surface area contributed by atoms with E-state index >= 15 is 0 Å². The summed E-state index contributed by atoms with van der Waals surface area (Å²) in [4.78, 5) is 33.6. The standard InChI is InChI=1S/C28H29N5O7S2/c1-18-26(42(36,37)33-11-9-31(10-12-33)20-5-3-4-6-21(20)38-2)25-27(41-18)29-17-32(28(25)35)16-24(34)30-19-7-8-22-23(15-19)40-14-13-39-22/h3-8,15,17H,9-14,16H2,1-2H3,(H,30,34). The Morgan fingerprint density at radius 1 is 1.07 bits per heavy atom. The number of benzene rings is 2. The predicted molar refractivity (Wildman–Crippen MR) is 159 cm³/mol. The second kappa shape index (κ2) is 11.3. The van der Waals surface area contributed by atoms with Gasteiger partial charge in [0.05, 0.1) is 24.5 Å². The fraction of sp³-hybridized carbons (Fsp3) is 0.321. The quantitative estimate of drug-likeness (QED) is 0.335. The Bertz CT molecular complexity index is 1830. The van der Waals surface area contributed by atoms with Gasteiger partial charge < -0.3 is 24.4 Å². The van der Waals surface area contributed by atoms with E-state index < -0.39 is 21.5 Å². The smallest absolute Gasteiger partial charge is 0.263 e. The van der Waals surface area contributed by atoms with Crippen LogP contribution in [0, 0.1) is 6.92 Å². The highest BCUT2D eigenvalue weighted by Gasteiger charge is 2.34. The number of carbonyl (C=O) groups is 1. The molecule has 2 aliphatic heterocycles. The number of hydrogen-bond acceptors (Lipinski definition) is 10. The molecule has 4 aromatic rings. The van der Waals surface area contributed by atoms with Crippen molar-refractivity contribution in [1.29, 1.82) is 0 Å². The molecular weight excluding hydrogens is 582 g/mol. The first kappa shape index (κ1) is 28.0. The van der Waals surface area contributed by atoms with Crippen molar-refractivity contribution in [3.63, 3.8) is 0 Å². The normalized spacial score (nSPS) is 15.5. The Kier molecular flexibility index (Phi) is 7.51. The van der Waals surface area contributed by atoms with Crippen molar-refractivity contribution < 1.29 is 27.4 Å². The molecule has 0 atom stereocenters. The first-order chi connectivity index (χ1) is 20.3. The minimum Gasteiger partial charge on any atom is -0.495 e. The summed E-state index contributed by atoms with van der Waals surface area (Å²) >= 11 is 1.15. The fourth-order valence-electron chi connectivity index (χ4n) is 5.20. The number of para-hydroxylation sites is 2. The zero-order valence-electron chi connectivity index (χ0n) is 23.0. The van der Waals surface area contributed by atoms with E-state index in [4.69, 9.17) is 14.2 Å². The number of ether oxygens (including phenoxy) is 3. The number of sulfonamides is 1. The van der Waals surface area contributed by atoms with Crippen LogP contribution in [0.15, 0.2) is 58.5 Å². The van der Waals surface area contributed by atoms with E-state index in [2.05, 4.69) is 15.2 Å². The average molecular weight is 612 g/mol. The number of fused-ring (bicyclic) bond motifs is 2. The van der Waals surface area contributed by atoms with Crippen molar-refractivity contribution in [3.8, 4) is 17.2 Å². The minimum atomic E-state index is -4.02. The van der Waals surface area contributed by atoms with Gasteiger partial charge in [0.2, 0.25) is 15.9 Å². The number of piperazine rings is 1. The van der Waals surface area contributed by atoms with Gasteiger partial charge in [-0.15, -0.1) is 11.3 Å². The maximum atomic E-state index is 13.9. The van der Waals surface area contributed by atoms with Gasteiger partial charge in [-0.1, -0.05) is 12.1 Å². The molecule has 2 aromatic carbocycles. The largest absolute Gasteiger partial charge is 0.495 e. The van der Waals surface area contributed by atoms with Gasteiger partial charge in [-0.25, -0.2) is 13.4 Å². The summed E-state index contributed by atoms with van der Waals surface area (Å²) in [5.41, 5.74) is 0.789. The zero-order valence-corrected chi connectivity index (χ0v) is 24.7. The summed E-state index contributed by atoms with van der Waals surface area (Å²) in [6.07, 6.45) is 1.27. The van der Waals surface area contributed by atoms with Gasteiger partial charge in [0.15, 0.2) is 11.5 Å². The summed E-state index contributed by atoms with van der Waals surface area (Å²) in [7, 11) is -2.41. The van der Waals surface area contributed by atoms with Crippen molar-refractivity contribution in [2.24, 2.45) is 0 Å². The molecule has 1 fully saturated rings. The third kappa shape index (κ3) is 5.16. The summed E-state index contributed by atoms with van der Waals surface area (Å²) in [6.45, 7) is 3.59. The highest BCUT2D eigenvalue weighted by molar-refractivity contribution is 7.89. The van der Waals surface area contributed by atoms with Gasteiger partial charge in [0.25, 0.3) is 5.56 Å². The van der Waals surface area contributed by atoms with Crippen LogP contribution in [-0.4, -0.2) is 74.7 Å². The number of hydrogen-bond donors (Lipinski definition) is 1. The van der Waals surface area contributed by atoms with Crippen LogP contribution in [0.25, 0.3) is 10.2 Å². The lowest BCUT2D eigenvalue weighted by Gasteiger charge is -2.35. The maximum absolute atomic E-state index is 13.9. The van der Waals surface area contributed by atoms with Gasteiger partial charge in [-0.05, 0) is 31.2 Å². The molecule has 0 saturated carbocycles. The summed E-state index contributed by atoms with van der Waals surface area (Å²) in [5.74, 6) is 1.36. The number of anilines is 2. The van der Waals surface area contributed by atoms with Crippen LogP contribution in [0.4, 0.5) is 11.4 Å². The highest BCUT2D eigenvalue weighted by Crippen LogP contribution is 2.35. The number of amides is 1. The molecule has 0 spiro atoms. The van der Waals surface area contributed by atoms with Gasteiger partial charge in [0.1, 0.15) is 35.2 Å². The Hall–Kier alpha value is -4.14. The topological polar surface area (TPSA) is 132 Å².